The summed E-state index contributed by atoms with van der Waals surface area (Å²) in [6.07, 6.45) is 3.49. The monoisotopic (exact) mass is 740 g/mol. The number of ether oxygens (including phenoxy) is 2. The zero-order valence-electron chi connectivity index (χ0n) is 26.4. The third kappa shape index (κ3) is 7.60. The topological polar surface area (TPSA) is 52.6 Å². The van der Waals surface area contributed by atoms with Crippen molar-refractivity contribution in [2.45, 2.75) is 85.2 Å². The second-order valence-electron chi connectivity index (χ2n) is 11.7. The number of methoxy groups -OCH3 is 1. The molecule has 4 aromatic carbocycles. The number of rotatable bonds is 13. The summed E-state index contributed by atoms with van der Waals surface area (Å²) in [7, 11) is -2.14. The van der Waals surface area contributed by atoms with E-state index in [1.165, 1.54) is 5.56 Å². The maximum absolute atomic E-state index is 14.3. The standard InChI is InChI=1S/C37H42Br2O4S/c1-7-9-33(38)31-23-25(3)11-21-35(31)44(40,41)36-22-20-30(24-32(36)34(39)10-8-2)43-29-18-14-27(15-19-29)37(4,5)26-12-16-28(42-6)17-13-26/h11-24,33-34H,7-10H2,1-6H3. The van der Waals surface area contributed by atoms with Crippen LogP contribution in [0.2, 0.25) is 0 Å². The number of hydrogen-bond acceptors (Lipinski definition) is 4. The lowest BCUT2D eigenvalue weighted by Crippen LogP contribution is -2.18. The molecule has 0 bridgehead atoms. The van der Waals surface area contributed by atoms with E-state index < -0.39 is 9.84 Å². The highest BCUT2D eigenvalue weighted by Crippen LogP contribution is 2.42. The Kier molecular flexibility index (Phi) is 11.4. The number of hydrogen-bond donors (Lipinski definition) is 0. The molecule has 0 aromatic heterocycles. The summed E-state index contributed by atoms with van der Waals surface area (Å²) in [4.78, 5) is 0.465. The molecule has 4 nitrogen and oxygen atoms in total. The first-order valence-electron chi connectivity index (χ1n) is 15.1. The Balaban J connectivity index is 1.67. The summed E-state index contributed by atoms with van der Waals surface area (Å²) >= 11 is 7.55. The van der Waals surface area contributed by atoms with Crippen LogP contribution in [-0.2, 0) is 15.3 Å². The van der Waals surface area contributed by atoms with Crippen LogP contribution < -0.4 is 9.47 Å². The minimum absolute atomic E-state index is 0.0451. The normalized spacial score (nSPS) is 13.4. The Morgan fingerprint density at radius 3 is 1.64 bits per heavy atom. The smallest absolute Gasteiger partial charge is 0.207 e. The first-order valence-corrected chi connectivity index (χ1v) is 18.4. The molecule has 0 saturated carbocycles. The molecule has 44 heavy (non-hydrogen) atoms. The van der Waals surface area contributed by atoms with Gasteiger partial charge in [-0.1, -0.05) is 114 Å². The number of halogens is 2. The molecule has 4 rings (SSSR count). The van der Waals surface area contributed by atoms with Crippen LogP contribution in [0.25, 0.3) is 0 Å². The zero-order valence-corrected chi connectivity index (χ0v) is 30.4. The van der Waals surface area contributed by atoms with Crippen LogP contribution >= 0.6 is 31.9 Å². The van der Waals surface area contributed by atoms with Crippen molar-refractivity contribution in [2.24, 2.45) is 0 Å². The van der Waals surface area contributed by atoms with Crippen LogP contribution in [0.1, 0.15) is 90.8 Å². The molecule has 0 aliphatic heterocycles. The van der Waals surface area contributed by atoms with Crippen LogP contribution in [0.3, 0.4) is 0 Å². The van der Waals surface area contributed by atoms with Crippen molar-refractivity contribution in [1.29, 1.82) is 0 Å². The summed E-state index contributed by atoms with van der Waals surface area (Å²) in [6, 6.07) is 27.1. The lowest BCUT2D eigenvalue weighted by Gasteiger charge is -2.26. The Labute approximate surface area is 280 Å². The summed E-state index contributed by atoms with van der Waals surface area (Å²) < 4.78 is 40.1. The predicted octanol–water partition coefficient (Wildman–Crippen LogP) is 11.4. The molecular weight excluding hydrogens is 700 g/mol. The van der Waals surface area contributed by atoms with Crippen LogP contribution in [-0.4, -0.2) is 15.5 Å². The van der Waals surface area contributed by atoms with Crippen LogP contribution in [0.4, 0.5) is 0 Å². The molecule has 2 atom stereocenters. The highest BCUT2D eigenvalue weighted by molar-refractivity contribution is 9.09. The molecule has 0 heterocycles. The van der Waals surface area contributed by atoms with Gasteiger partial charge in [-0.25, -0.2) is 8.42 Å². The van der Waals surface area contributed by atoms with Gasteiger partial charge in [0.25, 0.3) is 0 Å². The molecule has 2 unspecified atom stereocenters. The van der Waals surface area contributed by atoms with Gasteiger partial charge in [-0.3, -0.25) is 0 Å². The van der Waals surface area contributed by atoms with Gasteiger partial charge in [-0.2, -0.15) is 0 Å². The van der Waals surface area contributed by atoms with Crippen LogP contribution in [0.5, 0.6) is 17.2 Å². The van der Waals surface area contributed by atoms with E-state index in [0.29, 0.717) is 26.9 Å². The lowest BCUT2D eigenvalue weighted by atomic mass is 9.78. The van der Waals surface area contributed by atoms with Gasteiger partial charge in [0.15, 0.2) is 0 Å². The van der Waals surface area contributed by atoms with E-state index in [1.54, 1.807) is 25.3 Å². The molecule has 0 N–H and O–H groups in total. The Hall–Kier alpha value is -2.61. The van der Waals surface area contributed by atoms with Crippen molar-refractivity contribution in [2.75, 3.05) is 7.11 Å². The second kappa shape index (κ2) is 14.7. The van der Waals surface area contributed by atoms with E-state index in [-0.39, 0.29) is 15.1 Å². The third-order valence-corrected chi connectivity index (χ3v) is 11.9. The van der Waals surface area contributed by atoms with Gasteiger partial charge in [0.1, 0.15) is 17.2 Å². The molecule has 0 aliphatic carbocycles. The van der Waals surface area contributed by atoms with Crippen molar-refractivity contribution >= 4 is 41.7 Å². The summed E-state index contributed by atoms with van der Waals surface area (Å²) in [5, 5.41) is 0. The van der Waals surface area contributed by atoms with Gasteiger partial charge < -0.3 is 9.47 Å². The maximum atomic E-state index is 14.3. The average molecular weight is 743 g/mol. The van der Waals surface area contributed by atoms with Gasteiger partial charge in [0, 0.05) is 15.1 Å². The third-order valence-electron chi connectivity index (χ3n) is 8.11. The van der Waals surface area contributed by atoms with E-state index in [9.17, 15) is 8.42 Å². The van der Waals surface area contributed by atoms with E-state index >= 15 is 0 Å². The minimum atomic E-state index is -3.81. The number of alkyl halides is 2. The van der Waals surface area contributed by atoms with Crippen LogP contribution in [0, 0.1) is 6.92 Å². The first-order chi connectivity index (χ1) is 20.9. The van der Waals surface area contributed by atoms with Crippen molar-refractivity contribution < 1.29 is 17.9 Å². The highest BCUT2D eigenvalue weighted by Gasteiger charge is 2.29. The molecule has 234 valence electrons. The van der Waals surface area contributed by atoms with Gasteiger partial charge in [0.05, 0.1) is 16.9 Å². The fourth-order valence-corrected chi connectivity index (χ4v) is 9.15. The molecule has 0 amide bonds. The summed E-state index contributed by atoms with van der Waals surface area (Å²) in [6.45, 7) is 10.6. The number of sulfone groups is 1. The van der Waals surface area contributed by atoms with Crippen molar-refractivity contribution in [1.82, 2.24) is 0 Å². The van der Waals surface area contributed by atoms with Gasteiger partial charge in [0.2, 0.25) is 9.84 Å². The van der Waals surface area contributed by atoms with Crippen molar-refractivity contribution in [3.63, 3.8) is 0 Å². The van der Waals surface area contributed by atoms with Crippen molar-refractivity contribution in [3.05, 3.63) is 113 Å². The van der Waals surface area contributed by atoms with Gasteiger partial charge in [-0.05, 0) is 90.6 Å². The quantitative estimate of drug-likeness (QED) is 0.128. The maximum Gasteiger partial charge on any atom is 0.207 e. The molecule has 4 aromatic rings. The van der Waals surface area contributed by atoms with Gasteiger partial charge >= 0.3 is 0 Å². The molecule has 0 fully saturated rings. The molecular formula is C37H42Br2O4S. The minimum Gasteiger partial charge on any atom is -0.497 e. The van der Waals surface area contributed by atoms with Crippen LogP contribution in [0.15, 0.2) is 94.7 Å². The molecule has 0 aliphatic rings. The fraction of sp³-hybridized carbons (Fsp3) is 0.351. The molecule has 7 heteroatoms. The highest BCUT2D eigenvalue weighted by atomic mass is 79.9. The molecule has 0 saturated heterocycles. The fourth-order valence-electron chi connectivity index (χ4n) is 5.42. The number of benzene rings is 4. The summed E-state index contributed by atoms with van der Waals surface area (Å²) in [5.41, 5.74) is 4.67. The van der Waals surface area contributed by atoms with E-state index in [4.69, 9.17) is 9.47 Å². The Bertz CT molecular complexity index is 1660. The van der Waals surface area contributed by atoms with E-state index in [0.717, 1.165) is 48.1 Å². The Morgan fingerprint density at radius 2 is 1.14 bits per heavy atom. The largest absolute Gasteiger partial charge is 0.497 e. The molecule has 0 radical (unpaired) electrons. The number of aryl methyl sites for hydroxylation is 1. The SMILES string of the molecule is CCCC(Br)c1cc(C)ccc1S(=O)(=O)c1ccc(Oc2ccc(C(C)(C)c3ccc(OC)cc3)cc2)cc1C(Br)CCC. The van der Waals surface area contributed by atoms with E-state index in [1.807, 2.05) is 49.4 Å². The van der Waals surface area contributed by atoms with E-state index in [2.05, 4.69) is 83.8 Å². The zero-order chi connectivity index (χ0) is 32.1. The Morgan fingerprint density at radius 1 is 0.682 bits per heavy atom. The average Bonchev–Trinajstić information content (AvgIpc) is 3.01. The first kappa shape index (κ1) is 34.3. The lowest BCUT2D eigenvalue weighted by molar-refractivity contribution is 0.414. The predicted molar refractivity (Wildman–Crippen MR) is 188 cm³/mol. The second-order valence-corrected chi connectivity index (χ2v) is 15.8. The summed E-state index contributed by atoms with van der Waals surface area (Å²) in [5.74, 6) is 2.11. The molecule has 0 spiro atoms. The van der Waals surface area contributed by atoms with Crippen molar-refractivity contribution in [3.8, 4) is 17.2 Å². The van der Waals surface area contributed by atoms with Gasteiger partial charge in [-0.15, -0.1) is 0 Å².